The van der Waals surface area contributed by atoms with Crippen molar-refractivity contribution in [3.05, 3.63) is 42.0 Å². The van der Waals surface area contributed by atoms with E-state index in [1.54, 1.807) is 6.08 Å². The number of aldehydes is 1. The zero-order valence-electron chi connectivity index (χ0n) is 17.0. The summed E-state index contributed by atoms with van der Waals surface area (Å²) in [5.74, 6) is -0.667. The molecule has 0 spiro atoms. The van der Waals surface area contributed by atoms with Crippen LogP contribution < -0.4 is 16.0 Å². The normalized spacial score (nSPS) is 20.8. The molecule has 1 aliphatic heterocycles. The van der Waals surface area contributed by atoms with E-state index in [0.717, 1.165) is 24.8 Å². The molecule has 30 heavy (non-hydrogen) atoms. The first-order chi connectivity index (χ1) is 14.5. The Morgan fingerprint density at radius 2 is 1.87 bits per heavy atom. The predicted octanol–water partition coefficient (Wildman–Crippen LogP) is 1.58. The van der Waals surface area contributed by atoms with Gasteiger partial charge in [-0.2, -0.15) is 0 Å². The highest BCUT2D eigenvalue weighted by Gasteiger charge is 2.32. The van der Waals surface area contributed by atoms with Crippen LogP contribution in [0.25, 0.3) is 6.08 Å². The molecule has 1 saturated heterocycles. The van der Waals surface area contributed by atoms with E-state index in [9.17, 15) is 19.2 Å². The van der Waals surface area contributed by atoms with Gasteiger partial charge >= 0.3 is 0 Å². The number of benzene rings is 1. The maximum Gasteiger partial charge on any atom is 0.244 e. The molecule has 1 heterocycles. The Bertz CT molecular complexity index is 789. The van der Waals surface area contributed by atoms with Gasteiger partial charge in [-0.15, -0.1) is 0 Å². The van der Waals surface area contributed by atoms with E-state index in [2.05, 4.69) is 16.0 Å². The maximum absolute atomic E-state index is 12.8. The van der Waals surface area contributed by atoms with Crippen LogP contribution in [0.15, 0.2) is 36.4 Å². The molecule has 0 radical (unpaired) electrons. The van der Waals surface area contributed by atoms with Crippen LogP contribution in [0.2, 0.25) is 0 Å². The monoisotopic (exact) mass is 411 g/mol. The van der Waals surface area contributed by atoms with E-state index in [1.807, 2.05) is 30.3 Å². The van der Waals surface area contributed by atoms with Crippen LogP contribution in [0.4, 0.5) is 0 Å². The molecule has 3 N–H and O–H groups in total. The summed E-state index contributed by atoms with van der Waals surface area (Å²) in [7, 11) is 0. The minimum Gasteiger partial charge on any atom is -0.356 e. The van der Waals surface area contributed by atoms with Crippen LogP contribution in [0.3, 0.4) is 0 Å². The van der Waals surface area contributed by atoms with Gasteiger partial charge in [-0.25, -0.2) is 0 Å². The first kappa shape index (κ1) is 21.7. The molecule has 160 valence electrons. The van der Waals surface area contributed by atoms with Crippen LogP contribution in [0, 0.1) is 11.8 Å². The molecule has 0 unspecified atom stereocenters. The van der Waals surface area contributed by atoms with E-state index in [-0.39, 0.29) is 30.1 Å². The van der Waals surface area contributed by atoms with Crippen molar-refractivity contribution in [2.75, 3.05) is 6.54 Å². The summed E-state index contributed by atoms with van der Waals surface area (Å²) in [5, 5.41) is 8.28. The van der Waals surface area contributed by atoms with Gasteiger partial charge in [-0.3, -0.25) is 14.4 Å². The van der Waals surface area contributed by atoms with Crippen LogP contribution in [0.5, 0.6) is 0 Å². The van der Waals surface area contributed by atoms with Gasteiger partial charge in [0.05, 0.1) is 6.04 Å². The molecule has 1 saturated carbocycles. The Labute approximate surface area is 176 Å². The number of hydrogen-bond acceptors (Lipinski definition) is 4. The fourth-order valence-corrected chi connectivity index (χ4v) is 3.67. The first-order valence-corrected chi connectivity index (χ1v) is 10.6. The fraction of sp³-hybridized carbons (Fsp3) is 0.478. The smallest absolute Gasteiger partial charge is 0.244 e. The second kappa shape index (κ2) is 10.7. The average molecular weight is 412 g/mol. The Morgan fingerprint density at radius 1 is 1.10 bits per heavy atom. The van der Waals surface area contributed by atoms with Gasteiger partial charge in [-0.1, -0.05) is 43.2 Å². The van der Waals surface area contributed by atoms with E-state index in [0.29, 0.717) is 31.6 Å². The Balaban J connectivity index is 1.57. The van der Waals surface area contributed by atoms with Crippen molar-refractivity contribution in [2.24, 2.45) is 11.8 Å². The van der Waals surface area contributed by atoms with Crippen LogP contribution in [-0.4, -0.2) is 42.6 Å². The van der Waals surface area contributed by atoms with Gasteiger partial charge in [0.25, 0.3) is 0 Å². The molecule has 0 bridgehead atoms. The van der Waals surface area contributed by atoms with Crippen molar-refractivity contribution in [3.8, 4) is 0 Å². The number of carbonyl (C=O) groups excluding carboxylic acids is 4. The van der Waals surface area contributed by atoms with Crippen molar-refractivity contribution in [2.45, 2.75) is 50.6 Å². The summed E-state index contributed by atoms with van der Waals surface area (Å²) in [5.41, 5.74) is 0.891. The highest BCUT2D eigenvalue weighted by Crippen LogP contribution is 2.33. The van der Waals surface area contributed by atoms with Gasteiger partial charge in [0.1, 0.15) is 12.3 Å². The zero-order chi connectivity index (χ0) is 21.3. The topological polar surface area (TPSA) is 104 Å². The largest absolute Gasteiger partial charge is 0.356 e. The molecule has 7 heteroatoms. The predicted molar refractivity (Wildman–Crippen MR) is 113 cm³/mol. The molecule has 2 fully saturated rings. The second-order valence-electron chi connectivity index (χ2n) is 8.10. The summed E-state index contributed by atoms with van der Waals surface area (Å²) >= 11 is 0. The number of rotatable bonds is 10. The Hall–Kier alpha value is -2.96. The summed E-state index contributed by atoms with van der Waals surface area (Å²) in [6, 6.07) is 7.98. The molecule has 3 atom stereocenters. The molecule has 7 nitrogen and oxygen atoms in total. The van der Waals surface area contributed by atoms with E-state index in [1.165, 1.54) is 6.08 Å². The van der Waals surface area contributed by atoms with Crippen LogP contribution in [0.1, 0.15) is 44.1 Å². The standard InChI is InChI=1S/C23H29N3O4/c27-15-19(14-18-7-4-12-24-22(18)29)25-23(30)20(13-17-8-9-17)26-21(28)11-10-16-5-2-1-3-6-16/h1-3,5-6,10-11,15,17-20H,4,7-9,12-14H2,(H,24,29)(H,25,30)(H,26,28)/t18-,19-,20-/m0/s1. The molecular formula is C23H29N3O4. The van der Waals surface area contributed by atoms with Crippen molar-refractivity contribution in [1.82, 2.24) is 16.0 Å². The lowest BCUT2D eigenvalue weighted by molar-refractivity contribution is -0.130. The molecule has 0 aromatic heterocycles. The SMILES string of the molecule is O=C[C@H](C[C@@H]1CCCNC1=O)NC(=O)[C@H](CC1CC1)NC(=O)C=Cc1ccccc1. The first-order valence-electron chi connectivity index (χ1n) is 10.6. The van der Waals surface area contributed by atoms with Crippen LogP contribution >= 0.6 is 0 Å². The fourth-order valence-electron chi connectivity index (χ4n) is 3.67. The third kappa shape index (κ3) is 6.83. The summed E-state index contributed by atoms with van der Waals surface area (Å²) < 4.78 is 0. The number of amides is 3. The van der Waals surface area contributed by atoms with Crippen molar-refractivity contribution in [1.29, 1.82) is 0 Å². The molecule has 2 aliphatic rings. The molecule has 1 aliphatic carbocycles. The third-order valence-corrected chi connectivity index (χ3v) is 5.56. The number of nitrogens with one attached hydrogen (secondary N) is 3. The van der Waals surface area contributed by atoms with E-state index in [4.69, 9.17) is 0 Å². The Kier molecular flexibility index (Phi) is 7.76. The maximum atomic E-state index is 12.8. The molecule has 3 rings (SSSR count). The van der Waals surface area contributed by atoms with Gasteiger partial charge in [-0.05, 0) is 43.2 Å². The minimum atomic E-state index is -0.746. The van der Waals surface area contributed by atoms with Gasteiger partial charge in [0, 0.05) is 18.5 Å². The van der Waals surface area contributed by atoms with Gasteiger partial charge < -0.3 is 20.7 Å². The molecule has 1 aromatic rings. The summed E-state index contributed by atoms with van der Waals surface area (Å²) in [6.07, 6.45) is 8.25. The van der Waals surface area contributed by atoms with Gasteiger partial charge in [0.2, 0.25) is 17.7 Å². The Morgan fingerprint density at radius 3 is 2.53 bits per heavy atom. The van der Waals surface area contributed by atoms with Crippen molar-refractivity contribution < 1.29 is 19.2 Å². The van der Waals surface area contributed by atoms with Crippen molar-refractivity contribution >= 4 is 30.1 Å². The van der Waals surface area contributed by atoms with E-state index < -0.39 is 12.1 Å². The van der Waals surface area contributed by atoms with Crippen molar-refractivity contribution in [3.63, 3.8) is 0 Å². The molecular weight excluding hydrogens is 382 g/mol. The lowest BCUT2D eigenvalue weighted by atomic mass is 9.92. The van der Waals surface area contributed by atoms with Crippen LogP contribution in [-0.2, 0) is 19.2 Å². The number of carbonyl (C=O) groups is 4. The zero-order valence-corrected chi connectivity index (χ0v) is 17.0. The summed E-state index contributed by atoms with van der Waals surface area (Å²) in [6.45, 7) is 0.652. The number of hydrogen-bond donors (Lipinski definition) is 3. The van der Waals surface area contributed by atoms with E-state index >= 15 is 0 Å². The van der Waals surface area contributed by atoms with Gasteiger partial charge in [0.15, 0.2) is 0 Å². The highest BCUT2D eigenvalue weighted by molar-refractivity contribution is 5.96. The molecule has 1 aromatic carbocycles. The second-order valence-corrected chi connectivity index (χ2v) is 8.10. The lowest BCUT2D eigenvalue weighted by Crippen LogP contribution is -2.51. The number of piperidine rings is 1. The summed E-state index contributed by atoms with van der Waals surface area (Å²) in [4.78, 5) is 48.6. The average Bonchev–Trinajstić information content (AvgIpc) is 3.57. The highest BCUT2D eigenvalue weighted by atomic mass is 16.2. The quantitative estimate of drug-likeness (QED) is 0.402. The third-order valence-electron chi connectivity index (χ3n) is 5.56. The molecule has 3 amide bonds. The minimum absolute atomic E-state index is 0.0729. The lowest BCUT2D eigenvalue weighted by Gasteiger charge is -2.25.